The largest absolute Gasteiger partial charge is 0.389 e. The van der Waals surface area contributed by atoms with Crippen LogP contribution >= 0.6 is 0 Å². The van der Waals surface area contributed by atoms with Crippen LogP contribution in [0.4, 0.5) is 5.82 Å². The smallest absolute Gasteiger partial charge is 0.349 e. The van der Waals surface area contributed by atoms with Crippen LogP contribution in [0.3, 0.4) is 0 Å². The van der Waals surface area contributed by atoms with Crippen LogP contribution in [0.2, 0.25) is 0 Å². The molecule has 0 aromatic carbocycles. The normalized spacial score (nSPS) is 30.7. The van der Waals surface area contributed by atoms with Crippen molar-refractivity contribution in [3.05, 3.63) is 22.7 Å². The summed E-state index contributed by atoms with van der Waals surface area (Å²) in [6.07, 6.45) is -6.70. The standard InChI is InChI=1S/C28H51N11O10/c29-5-2-1-3-13(30)26(46)35-6-8-38(19(41)12-39-7-4-17(33)37-28(39)47)11-18(40)36-10-16-22(43)23(44)20(34)27(48-16)49-25-15(32)9-14(31)21(42)24(25)45/h4,7,13-16,20-25,27,42-45H,1-3,5-6,8-12,29-32,34H2,(H,35,46)(H,36,40)(H2,33,37,47)/t13-,14+,15-,16+,20+,21-,22+,23+,24+,25+,27+/m0/s1. The molecule has 21 nitrogen and oxygen atoms in total. The van der Waals surface area contributed by atoms with Gasteiger partial charge in [0, 0.05) is 37.9 Å². The minimum Gasteiger partial charge on any atom is -0.389 e. The predicted octanol–water partition coefficient (Wildman–Crippen LogP) is -7.72. The lowest BCUT2D eigenvalue weighted by Crippen LogP contribution is -2.67. The summed E-state index contributed by atoms with van der Waals surface area (Å²) < 4.78 is 12.5. The molecule has 1 saturated heterocycles. The molecule has 11 atom stereocenters. The SMILES string of the molecule is NCCCC[C@H](N)C(=O)NCCN(CC(=O)NC[C@H]1O[C@H](O[C@H]2[C@H](O)[C@@H](O)[C@H](N)C[C@@H]2N)[C@H](N)[C@@H](O)[C@@H]1O)C(=O)Cn1ccc(N)nc1=O. The molecule has 2 fully saturated rings. The number of anilines is 1. The molecule has 1 aliphatic carbocycles. The van der Waals surface area contributed by atoms with Crippen LogP contribution in [0.1, 0.15) is 25.7 Å². The van der Waals surface area contributed by atoms with Crippen LogP contribution < -0.4 is 50.7 Å². The molecule has 21 heteroatoms. The molecule has 0 radical (unpaired) electrons. The molecule has 0 bridgehead atoms. The number of rotatable bonds is 16. The fourth-order valence-electron chi connectivity index (χ4n) is 5.50. The number of carbonyl (C=O) groups is 3. The van der Waals surface area contributed by atoms with Gasteiger partial charge < -0.3 is 79.8 Å². The van der Waals surface area contributed by atoms with Gasteiger partial charge in [0.05, 0.1) is 24.7 Å². The number of carbonyl (C=O) groups excluding carboxylic acids is 3. The maximum atomic E-state index is 13.2. The average molecular weight is 702 g/mol. The molecule has 0 spiro atoms. The quantitative estimate of drug-likeness (QED) is 0.0712. The van der Waals surface area contributed by atoms with Crippen molar-refractivity contribution in [1.29, 1.82) is 0 Å². The highest BCUT2D eigenvalue weighted by Gasteiger charge is 2.48. The van der Waals surface area contributed by atoms with Gasteiger partial charge >= 0.3 is 5.69 Å². The summed E-state index contributed by atoms with van der Waals surface area (Å²) in [6, 6.07) is -2.37. The van der Waals surface area contributed by atoms with Crippen molar-refractivity contribution >= 4 is 23.5 Å². The van der Waals surface area contributed by atoms with E-state index in [2.05, 4.69) is 15.6 Å². The molecular weight excluding hydrogens is 650 g/mol. The number of aromatic nitrogens is 2. The summed E-state index contributed by atoms with van der Waals surface area (Å²) in [7, 11) is 0. The first-order chi connectivity index (χ1) is 23.1. The van der Waals surface area contributed by atoms with Gasteiger partial charge in [-0.1, -0.05) is 6.42 Å². The molecule has 1 saturated carbocycles. The molecule has 2 aliphatic rings. The zero-order valence-corrected chi connectivity index (χ0v) is 27.1. The molecule has 18 N–H and O–H groups in total. The van der Waals surface area contributed by atoms with Crippen molar-refractivity contribution in [1.82, 2.24) is 25.1 Å². The molecule has 2 heterocycles. The van der Waals surface area contributed by atoms with Crippen molar-refractivity contribution in [2.75, 3.05) is 38.5 Å². The van der Waals surface area contributed by atoms with Crippen molar-refractivity contribution in [3.63, 3.8) is 0 Å². The van der Waals surface area contributed by atoms with E-state index in [1.54, 1.807) is 0 Å². The molecule has 0 unspecified atom stereocenters. The van der Waals surface area contributed by atoms with Gasteiger partial charge in [0.1, 0.15) is 42.9 Å². The van der Waals surface area contributed by atoms with Gasteiger partial charge in [-0.25, -0.2) is 4.79 Å². The van der Waals surface area contributed by atoms with Crippen LogP contribution in [0.25, 0.3) is 0 Å². The fraction of sp³-hybridized carbons (Fsp3) is 0.750. The van der Waals surface area contributed by atoms with Crippen LogP contribution in [0.5, 0.6) is 0 Å². The monoisotopic (exact) mass is 701 g/mol. The van der Waals surface area contributed by atoms with Crippen LogP contribution in [0.15, 0.2) is 17.1 Å². The third-order valence-corrected chi connectivity index (χ3v) is 8.51. The number of amides is 3. The predicted molar refractivity (Wildman–Crippen MR) is 172 cm³/mol. The second-order valence-electron chi connectivity index (χ2n) is 12.3. The van der Waals surface area contributed by atoms with Crippen molar-refractivity contribution < 1.29 is 44.3 Å². The number of ether oxygens (including phenoxy) is 2. The molecule has 1 aliphatic heterocycles. The van der Waals surface area contributed by atoms with Gasteiger partial charge in [-0.2, -0.15) is 4.98 Å². The number of aliphatic hydroxyl groups excluding tert-OH is 4. The van der Waals surface area contributed by atoms with E-state index >= 15 is 0 Å². The lowest BCUT2D eigenvalue weighted by atomic mass is 9.84. The Morgan fingerprint density at radius 1 is 1.06 bits per heavy atom. The summed E-state index contributed by atoms with van der Waals surface area (Å²) >= 11 is 0. The Kier molecular flexibility index (Phi) is 15.2. The fourth-order valence-corrected chi connectivity index (χ4v) is 5.50. The first-order valence-electron chi connectivity index (χ1n) is 16.0. The molecule has 1 aromatic heterocycles. The highest BCUT2D eigenvalue weighted by molar-refractivity contribution is 5.85. The number of nitrogens with zero attached hydrogens (tertiary/aromatic N) is 3. The molecule has 49 heavy (non-hydrogen) atoms. The van der Waals surface area contributed by atoms with E-state index in [4.69, 9.17) is 43.9 Å². The summed E-state index contributed by atoms with van der Waals surface area (Å²) in [5.41, 5.74) is 34.0. The van der Waals surface area contributed by atoms with E-state index < -0.39 is 104 Å². The lowest BCUT2D eigenvalue weighted by molar-refractivity contribution is -0.288. The molecular formula is C28H51N11O10. The second kappa shape index (κ2) is 18.6. The third kappa shape index (κ3) is 11.1. The summed E-state index contributed by atoms with van der Waals surface area (Å²) in [5.74, 6) is -1.89. The van der Waals surface area contributed by atoms with E-state index in [9.17, 15) is 39.6 Å². The highest BCUT2D eigenvalue weighted by atomic mass is 16.7. The topological polar surface area (TPSA) is 369 Å². The van der Waals surface area contributed by atoms with Crippen molar-refractivity contribution in [2.45, 2.75) is 99.3 Å². The van der Waals surface area contributed by atoms with Crippen LogP contribution in [0, 0.1) is 0 Å². The number of unbranched alkanes of at least 4 members (excludes halogenated alkanes) is 1. The van der Waals surface area contributed by atoms with Gasteiger partial charge in [0.15, 0.2) is 6.29 Å². The van der Waals surface area contributed by atoms with Gasteiger partial charge in [0.2, 0.25) is 17.7 Å². The number of hydrogen-bond acceptors (Lipinski definition) is 17. The zero-order chi connectivity index (χ0) is 36.4. The third-order valence-electron chi connectivity index (χ3n) is 8.51. The number of nitrogen functional groups attached to an aromatic ring is 1. The molecule has 1 aromatic rings. The molecule has 278 valence electrons. The van der Waals surface area contributed by atoms with Gasteiger partial charge in [-0.15, -0.1) is 0 Å². The Morgan fingerprint density at radius 2 is 1.78 bits per heavy atom. The van der Waals surface area contributed by atoms with Crippen LogP contribution in [-0.2, 0) is 30.4 Å². The van der Waals surface area contributed by atoms with Gasteiger partial charge in [-0.3, -0.25) is 19.0 Å². The highest BCUT2D eigenvalue weighted by Crippen LogP contribution is 2.27. The van der Waals surface area contributed by atoms with E-state index in [1.165, 1.54) is 12.3 Å². The van der Waals surface area contributed by atoms with Gasteiger partial charge in [0.25, 0.3) is 0 Å². The lowest BCUT2D eigenvalue weighted by Gasteiger charge is -2.45. The Bertz CT molecular complexity index is 1310. The van der Waals surface area contributed by atoms with E-state index in [-0.39, 0.29) is 31.9 Å². The Morgan fingerprint density at radius 3 is 2.45 bits per heavy atom. The summed E-state index contributed by atoms with van der Waals surface area (Å²) in [5, 5.41) is 47.0. The van der Waals surface area contributed by atoms with E-state index in [1.807, 2.05) is 0 Å². The summed E-state index contributed by atoms with van der Waals surface area (Å²) in [6.45, 7) is -1.16. The van der Waals surface area contributed by atoms with E-state index in [0.29, 0.717) is 25.8 Å². The number of nitrogens with one attached hydrogen (secondary N) is 2. The first kappa shape index (κ1) is 40.1. The molecule has 3 rings (SSSR count). The number of nitrogens with two attached hydrogens (primary N) is 6. The van der Waals surface area contributed by atoms with Gasteiger partial charge in [-0.05, 0) is 31.9 Å². The number of hydrogen-bond donors (Lipinski definition) is 12. The maximum absolute atomic E-state index is 13.2. The minimum absolute atomic E-state index is 0.0409. The van der Waals surface area contributed by atoms with E-state index in [0.717, 1.165) is 9.47 Å². The Labute approximate surface area is 282 Å². The zero-order valence-electron chi connectivity index (χ0n) is 27.1. The molecule has 3 amide bonds. The Hall–Kier alpha value is -3.35. The Balaban J connectivity index is 1.64. The maximum Gasteiger partial charge on any atom is 0.349 e. The summed E-state index contributed by atoms with van der Waals surface area (Å²) in [4.78, 5) is 55.6. The first-order valence-corrected chi connectivity index (χ1v) is 16.0. The second-order valence-corrected chi connectivity index (χ2v) is 12.3. The van der Waals surface area contributed by atoms with Crippen molar-refractivity contribution in [3.8, 4) is 0 Å². The van der Waals surface area contributed by atoms with Crippen molar-refractivity contribution in [2.24, 2.45) is 28.7 Å². The van der Waals surface area contributed by atoms with Crippen LogP contribution in [-0.4, -0.2) is 152 Å². The number of aliphatic hydroxyl groups is 4. The minimum atomic E-state index is -1.58. The average Bonchev–Trinajstić information content (AvgIpc) is 3.05.